The number of nitriles is 1. The van der Waals surface area contributed by atoms with E-state index in [4.69, 9.17) is 21.6 Å². The molecule has 78 valence electrons. The molecule has 2 rings (SSSR count). The van der Waals surface area contributed by atoms with Crippen molar-refractivity contribution in [1.82, 2.24) is 4.98 Å². The van der Waals surface area contributed by atoms with E-state index in [1.54, 1.807) is 6.07 Å². The highest BCUT2D eigenvalue weighted by molar-refractivity contribution is 6.29. The summed E-state index contributed by atoms with van der Waals surface area (Å²) in [5.41, 5.74) is 0. The zero-order valence-electron chi connectivity index (χ0n) is 8.06. The summed E-state index contributed by atoms with van der Waals surface area (Å²) in [6.07, 6.45) is -0.375. The van der Waals surface area contributed by atoms with Gasteiger partial charge < -0.3 is 9.64 Å². The molecule has 0 bridgehead atoms. The van der Waals surface area contributed by atoms with Crippen LogP contribution in [0, 0.1) is 11.3 Å². The number of halogens is 1. The lowest BCUT2D eigenvalue weighted by Gasteiger charge is -2.30. The van der Waals surface area contributed by atoms with Crippen LogP contribution in [0.25, 0.3) is 0 Å². The molecule has 1 atom stereocenters. The van der Waals surface area contributed by atoms with Crippen molar-refractivity contribution in [2.75, 3.05) is 24.6 Å². The highest BCUT2D eigenvalue weighted by Gasteiger charge is 2.20. The van der Waals surface area contributed by atoms with Gasteiger partial charge in [-0.25, -0.2) is 4.98 Å². The summed E-state index contributed by atoms with van der Waals surface area (Å²) in [4.78, 5) is 6.20. The quantitative estimate of drug-likeness (QED) is 0.677. The maximum absolute atomic E-state index is 8.76. The van der Waals surface area contributed by atoms with Crippen LogP contribution in [-0.4, -0.2) is 30.8 Å². The fourth-order valence-electron chi connectivity index (χ4n) is 1.51. The number of morpholine rings is 1. The standard InChI is InChI=1S/C10H10ClN3O/c11-9-2-1-3-10(13-9)14-4-5-15-8(6-12)7-14/h1-3,8H,4-5,7H2. The molecule has 1 unspecified atom stereocenters. The van der Waals surface area contributed by atoms with Gasteiger partial charge in [-0.15, -0.1) is 0 Å². The van der Waals surface area contributed by atoms with Gasteiger partial charge in [0, 0.05) is 6.54 Å². The molecule has 0 saturated carbocycles. The van der Waals surface area contributed by atoms with E-state index in [0.717, 1.165) is 12.4 Å². The zero-order valence-corrected chi connectivity index (χ0v) is 8.81. The summed E-state index contributed by atoms with van der Waals surface area (Å²) in [5, 5.41) is 9.23. The molecular weight excluding hydrogens is 214 g/mol. The molecule has 0 N–H and O–H groups in total. The Morgan fingerprint density at radius 3 is 3.20 bits per heavy atom. The Morgan fingerprint density at radius 2 is 2.47 bits per heavy atom. The van der Waals surface area contributed by atoms with E-state index in [0.29, 0.717) is 18.3 Å². The first kappa shape index (κ1) is 10.2. The van der Waals surface area contributed by atoms with Crippen molar-refractivity contribution in [3.05, 3.63) is 23.4 Å². The van der Waals surface area contributed by atoms with Gasteiger partial charge in [0.2, 0.25) is 0 Å². The Kier molecular flexibility index (Phi) is 3.05. The zero-order chi connectivity index (χ0) is 10.7. The molecule has 1 aliphatic rings. The van der Waals surface area contributed by atoms with Crippen molar-refractivity contribution in [2.24, 2.45) is 0 Å². The van der Waals surface area contributed by atoms with Gasteiger partial charge in [0.1, 0.15) is 11.0 Å². The minimum atomic E-state index is -0.375. The molecular formula is C10H10ClN3O. The smallest absolute Gasteiger partial charge is 0.161 e. The van der Waals surface area contributed by atoms with E-state index < -0.39 is 0 Å². The largest absolute Gasteiger partial charge is 0.360 e. The van der Waals surface area contributed by atoms with Crippen LogP contribution in [0.5, 0.6) is 0 Å². The summed E-state index contributed by atoms with van der Waals surface area (Å²) in [6.45, 7) is 1.84. The van der Waals surface area contributed by atoms with Gasteiger partial charge >= 0.3 is 0 Å². The number of anilines is 1. The summed E-state index contributed by atoms with van der Waals surface area (Å²) >= 11 is 5.80. The Balaban J connectivity index is 2.14. The van der Waals surface area contributed by atoms with Crippen LogP contribution in [0.15, 0.2) is 18.2 Å². The average molecular weight is 224 g/mol. The van der Waals surface area contributed by atoms with Crippen LogP contribution in [0.4, 0.5) is 5.82 Å². The van der Waals surface area contributed by atoms with E-state index in [1.807, 2.05) is 17.0 Å². The third-order valence-electron chi connectivity index (χ3n) is 2.23. The van der Waals surface area contributed by atoms with Crippen molar-refractivity contribution in [3.63, 3.8) is 0 Å². The predicted molar refractivity (Wildman–Crippen MR) is 56.8 cm³/mol. The van der Waals surface area contributed by atoms with Crippen LogP contribution >= 0.6 is 11.6 Å². The number of aromatic nitrogens is 1. The first-order valence-electron chi connectivity index (χ1n) is 4.68. The molecule has 1 fully saturated rings. The molecule has 15 heavy (non-hydrogen) atoms. The van der Waals surface area contributed by atoms with Gasteiger partial charge in [-0.05, 0) is 12.1 Å². The number of rotatable bonds is 1. The summed E-state index contributed by atoms with van der Waals surface area (Å²) in [6, 6.07) is 7.55. The van der Waals surface area contributed by atoms with E-state index in [2.05, 4.69) is 11.1 Å². The molecule has 1 aromatic rings. The van der Waals surface area contributed by atoms with Crippen LogP contribution in [0.2, 0.25) is 5.15 Å². The highest BCUT2D eigenvalue weighted by atomic mass is 35.5. The molecule has 0 radical (unpaired) electrons. The molecule has 1 aromatic heterocycles. The molecule has 2 heterocycles. The molecule has 0 amide bonds. The van der Waals surface area contributed by atoms with Crippen LogP contribution in [0.3, 0.4) is 0 Å². The topological polar surface area (TPSA) is 49.2 Å². The first-order valence-corrected chi connectivity index (χ1v) is 5.06. The van der Waals surface area contributed by atoms with E-state index in [1.165, 1.54) is 0 Å². The fourth-order valence-corrected chi connectivity index (χ4v) is 1.67. The first-order chi connectivity index (χ1) is 7.29. The Labute approximate surface area is 93.0 Å². The normalized spacial score (nSPS) is 21.1. The molecule has 5 heteroatoms. The van der Waals surface area contributed by atoms with Crippen LogP contribution in [-0.2, 0) is 4.74 Å². The average Bonchev–Trinajstić information content (AvgIpc) is 2.29. The van der Waals surface area contributed by atoms with Gasteiger partial charge in [-0.2, -0.15) is 5.26 Å². The highest BCUT2D eigenvalue weighted by Crippen LogP contribution is 2.17. The second kappa shape index (κ2) is 4.47. The number of nitrogens with zero attached hydrogens (tertiary/aromatic N) is 3. The lowest BCUT2D eigenvalue weighted by atomic mass is 10.3. The van der Waals surface area contributed by atoms with Gasteiger partial charge in [0.15, 0.2) is 6.10 Å². The lowest BCUT2D eigenvalue weighted by molar-refractivity contribution is 0.0761. The van der Waals surface area contributed by atoms with Crippen molar-refractivity contribution in [2.45, 2.75) is 6.10 Å². The predicted octanol–water partition coefficient (Wildman–Crippen LogP) is 1.46. The summed E-state index contributed by atoms with van der Waals surface area (Å²) in [5.74, 6) is 0.797. The second-order valence-corrected chi connectivity index (χ2v) is 3.64. The van der Waals surface area contributed by atoms with E-state index in [-0.39, 0.29) is 6.10 Å². The third kappa shape index (κ3) is 2.38. The van der Waals surface area contributed by atoms with Crippen molar-refractivity contribution in [3.8, 4) is 6.07 Å². The number of hydrogen-bond acceptors (Lipinski definition) is 4. The summed E-state index contributed by atoms with van der Waals surface area (Å²) < 4.78 is 5.25. The SMILES string of the molecule is N#CC1CN(c2cccc(Cl)n2)CCO1. The molecule has 0 spiro atoms. The fraction of sp³-hybridized carbons (Fsp3) is 0.400. The Morgan fingerprint density at radius 1 is 1.60 bits per heavy atom. The Hall–Kier alpha value is -1.31. The lowest BCUT2D eigenvalue weighted by Crippen LogP contribution is -2.42. The summed E-state index contributed by atoms with van der Waals surface area (Å²) in [7, 11) is 0. The third-order valence-corrected chi connectivity index (χ3v) is 2.45. The monoisotopic (exact) mass is 223 g/mol. The maximum Gasteiger partial charge on any atom is 0.161 e. The molecule has 1 saturated heterocycles. The minimum Gasteiger partial charge on any atom is -0.360 e. The van der Waals surface area contributed by atoms with E-state index >= 15 is 0 Å². The molecule has 4 nitrogen and oxygen atoms in total. The maximum atomic E-state index is 8.76. The number of ether oxygens (including phenoxy) is 1. The molecule has 0 aromatic carbocycles. The van der Waals surface area contributed by atoms with Crippen molar-refractivity contribution >= 4 is 17.4 Å². The number of hydrogen-bond donors (Lipinski definition) is 0. The van der Waals surface area contributed by atoms with Crippen LogP contribution < -0.4 is 4.90 Å². The van der Waals surface area contributed by atoms with Crippen molar-refractivity contribution < 1.29 is 4.74 Å². The molecule has 0 aliphatic carbocycles. The number of pyridine rings is 1. The minimum absolute atomic E-state index is 0.375. The van der Waals surface area contributed by atoms with E-state index in [9.17, 15) is 0 Å². The van der Waals surface area contributed by atoms with Gasteiger partial charge in [0.25, 0.3) is 0 Å². The van der Waals surface area contributed by atoms with Gasteiger partial charge in [0.05, 0.1) is 19.2 Å². The van der Waals surface area contributed by atoms with Crippen LogP contribution in [0.1, 0.15) is 0 Å². The van der Waals surface area contributed by atoms with Crippen molar-refractivity contribution in [1.29, 1.82) is 5.26 Å². The van der Waals surface area contributed by atoms with Gasteiger partial charge in [-0.1, -0.05) is 17.7 Å². The second-order valence-electron chi connectivity index (χ2n) is 3.25. The van der Waals surface area contributed by atoms with Gasteiger partial charge in [-0.3, -0.25) is 0 Å². The molecule has 1 aliphatic heterocycles. The Bertz CT molecular complexity index is 390.